The number of halogens is 3. The van der Waals surface area contributed by atoms with Gasteiger partial charge in [-0.2, -0.15) is 13.2 Å². The summed E-state index contributed by atoms with van der Waals surface area (Å²) in [5.41, 5.74) is -0.0386. The van der Waals surface area contributed by atoms with Gasteiger partial charge >= 0.3 is 12.0 Å². The molecule has 1 atom stereocenters. The summed E-state index contributed by atoms with van der Waals surface area (Å²) in [7, 11) is 1.36. The maximum atomic E-state index is 12.6. The van der Waals surface area contributed by atoms with Crippen LogP contribution in [0.1, 0.15) is 16.8 Å². The van der Waals surface area contributed by atoms with Gasteiger partial charge in [-0.05, 0) is 18.2 Å². The minimum Gasteiger partial charge on any atom is -0.497 e. The molecule has 7 heteroatoms. The first kappa shape index (κ1) is 12.7. The lowest BCUT2D eigenvalue weighted by molar-refractivity contribution is -0.334. The molecule has 1 aromatic rings. The summed E-state index contributed by atoms with van der Waals surface area (Å²) >= 11 is 0. The predicted molar refractivity (Wildman–Crippen MR) is 53.6 cm³/mol. The standard InChI is InChI=1S/C11H9F3O4/c1-17-6-2-3-9-7(4-6)8(15)5-10(16,18-9)11(12,13)14/h2-4,16H,5H2,1H3/t10-/m1/s1. The average Bonchev–Trinajstić information content (AvgIpc) is 2.27. The van der Waals surface area contributed by atoms with Gasteiger partial charge < -0.3 is 14.6 Å². The molecule has 1 N–H and O–H groups in total. The number of benzene rings is 1. The van der Waals surface area contributed by atoms with E-state index in [1.54, 1.807) is 0 Å². The lowest BCUT2D eigenvalue weighted by Crippen LogP contribution is -2.53. The van der Waals surface area contributed by atoms with Crippen molar-refractivity contribution in [2.24, 2.45) is 0 Å². The van der Waals surface area contributed by atoms with Crippen molar-refractivity contribution < 1.29 is 32.5 Å². The molecule has 4 nitrogen and oxygen atoms in total. The SMILES string of the molecule is COc1ccc2c(c1)C(=O)C[C@](O)(C(F)(F)F)O2. The predicted octanol–water partition coefficient (Wildman–Crippen LogP) is 1.91. The van der Waals surface area contributed by atoms with E-state index in [1.807, 2.05) is 0 Å². The summed E-state index contributed by atoms with van der Waals surface area (Å²) in [6.45, 7) is 0. The zero-order valence-corrected chi connectivity index (χ0v) is 9.25. The molecule has 0 amide bonds. The lowest BCUT2D eigenvalue weighted by atomic mass is 9.98. The first-order chi connectivity index (χ1) is 8.27. The Bertz CT molecular complexity index is 498. The Kier molecular flexibility index (Phi) is 2.73. The Morgan fingerprint density at radius 3 is 2.67 bits per heavy atom. The Morgan fingerprint density at radius 2 is 2.11 bits per heavy atom. The second-order valence-corrected chi connectivity index (χ2v) is 3.85. The molecule has 1 aliphatic heterocycles. The number of fused-ring (bicyclic) bond motifs is 1. The topological polar surface area (TPSA) is 55.8 Å². The summed E-state index contributed by atoms with van der Waals surface area (Å²) in [4.78, 5) is 11.6. The fourth-order valence-electron chi connectivity index (χ4n) is 1.63. The van der Waals surface area contributed by atoms with Crippen molar-refractivity contribution in [3.63, 3.8) is 0 Å². The highest BCUT2D eigenvalue weighted by Crippen LogP contribution is 2.42. The normalized spacial score (nSPS) is 23.3. The van der Waals surface area contributed by atoms with Crippen molar-refractivity contribution in [3.05, 3.63) is 23.8 Å². The number of carbonyl (C=O) groups excluding carboxylic acids is 1. The van der Waals surface area contributed by atoms with Crippen LogP contribution in [0.3, 0.4) is 0 Å². The van der Waals surface area contributed by atoms with Gasteiger partial charge in [-0.1, -0.05) is 0 Å². The van der Waals surface area contributed by atoms with Crippen LogP contribution in [0.4, 0.5) is 13.2 Å². The quantitative estimate of drug-likeness (QED) is 0.840. The van der Waals surface area contributed by atoms with Crippen LogP contribution in [-0.2, 0) is 0 Å². The molecular formula is C11H9F3O4. The second-order valence-electron chi connectivity index (χ2n) is 3.85. The molecule has 1 heterocycles. The van der Waals surface area contributed by atoms with Gasteiger partial charge in [-0.3, -0.25) is 4.79 Å². The van der Waals surface area contributed by atoms with Gasteiger partial charge in [0.05, 0.1) is 19.1 Å². The molecule has 98 valence electrons. The highest BCUT2D eigenvalue weighted by Gasteiger charge is 2.60. The fraction of sp³-hybridized carbons (Fsp3) is 0.364. The Labute approximate surface area is 99.9 Å². The molecule has 0 bridgehead atoms. The van der Waals surface area contributed by atoms with Gasteiger partial charge in [-0.15, -0.1) is 0 Å². The van der Waals surface area contributed by atoms with Crippen LogP contribution < -0.4 is 9.47 Å². The third kappa shape index (κ3) is 1.90. The van der Waals surface area contributed by atoms with Gasteiger partial charge in [0.25, 0.3) is 0 Å². The van der Waals surface area contributed by atoms with Gasteiger partial charge in [0, 0.05) is 0 Å². The molecule has 0 spiro atoms. The number of hydrogen-bond acceptors (Lipinski definition) is 4. The number of hydrogen-bond donors (Lipinski definition) is 1. The van der Waals surface area contributed by atoms with Crippen molar-refractivity contribution in [2.45, 2.75) is 18.4 Å². The summed E-state index contributed by atoms with van der Waals surface area (Å²) in [6, 6.07) is 3.77. The molecule has 0 aromatic heterocycles. The van der Waals surface area contributed by atoms with Crippen LogP contribution >= 0.6 is 0 Å². The fourth-order valence-corrected chi connectivity index (χ4v) is 1.63. The van der Waals surface area contributed by atoms with E-state index in [0.717, 1.165) is 6.07 Å². The van der Waals surface area contributed by atoms with E-state index in [4.69, 9.17) is 4.74 Å². The van der Waals surface area contributed by atoms with E-state index in [-0.39, 0.29) is 11.3 Å². The van der Waals surface area contributed by atoms with Gasteiger partial charge in [0.1, 0.15) is 11.5 Å². The maximum absolute atomic E-state index is 12.6. The molecule has 0 saturated carbocycles. The monoisotopic (exact) mass is 262 g/mol. The van der Waals surface area contributed by atoms with Gasteiger partial charge in [-0.25, -0.2) is 0 Å². The third-order valence-electron chi connectivity index (χ3n) is 2.61. The molecular weight excluding hydrogens is 253 g/mol. The van der Waals surface area contributed by atoms with Crippen LogP contribution in [0.5, 0.6) is 11.5 Å². The molecule has 0 unspecified atom stereocenters. The maximum Gasteiger partial charge on any atom is 0.455 e. The van der Waals surface area contributed by atoms with Crippen LogP contribution in [0.2, 0.25) is 0 Å². The number of rotatable bonds is 1. The van der Waals surface area contributed by atoms with Crippen molar-refractivity contribution >= 4 is 5.78 Å². The van der Waals surface area contributed by atoms with Crippen molar-refractivity contribution in [3.8, 4) is 11.5 Å². The average molecular weight is 262 g/mol. The van der Waals surface area contributed by atoms with Crippen molar-refractivity contribution in [1.29, 1.82) is 0 Å². The van der Waals surface area contributed by atoms with E-state index in [1.165, 1.54) is 19.2 Å². The zero-order chi connectivity index (χ0) is 13.6. The molecule has 0 fully saturated rings. The molecule has 18 heavy (non-hydrogen) atoms. The minimum absolute atomic E-state index is 0.0386. The zero-order valence-electron chi connectivity index (χ0n) is 9.25. The smallest absolute Gasteiger partial charge is 0.455 e. The summed E-state index contributed by atoms with van der Waals surface area (Å²) < 4.78 is 47.1. The van der Waals surface area contributed by atoms with Gasteiger partial charge in [0.15, 0.2) is 5.78 Å². The number of ether oxygens (including phenoxy) is 2. The number of carbonyl (C=O) groups is 1. The van der Waals surface area contributed by atoms with E-state index >= 15 is 0 Å². The van der Waals surface area contributed by atoms with Crippen molar-refractivity contribution in [1.82, 2.24) is 0 Å². The molecule has 1 aromatic carbocycles. The van der Waals surface area contributed by atoms with Crippen molar-refractivity contribution in [2.75, 3.05) is 7.11 Å². The lowest BCUT2D eigenvalue weighted by Gasteiger charge is -2.34. The van der Waals surface area contributed by atoms with E-state index in [0.29, 0.717) is 5.75 Å². The molecule has 0 radical (unpaired) electrons. The number of methoxy groups -OCH3 is 1. The minimum atomic E-state index is -5.04. The highest BCUT2D eigenvalue weighted by molar-refractivity contribution is 6.00. The summed E-state index contributed by atoms with van der Waals surface area (Å²) in [6.07, 6.45) is -6.21. The number of ketones is 1. The van der Waals surface area contributed by atoms with E-state index in [9.17, 15) is 23.1 Å². The van der Waals surface area contributed by atoms with Crippen LogP contribution in [-0.4, -0.2) is 30.0 Å². The number of alkyl halides is 3. The molecule has 0 aliphatic carbocycles. The Hall–Kier alpha value is -1.76. The van der Waals surface area contributed by atoms with Crippen LogP contribution in [0.15, 0.2) is 18.2 Å². The van der Waals surface area contributed by atoms with Crippen LogP contribution in [0, 0.1) is 0 Å². The van der Waals surface area contributed by atoms with E-state index in [2.05, 4.69) is 4.74 Å². The summed E-state index contributed by atoms with van der Waals surface area (Å²) in [5, 5.41) is 9.35. The summed E-state index contributed by atoms with van der Waals surface area (Å²) in [5.74, 6) is -4.31. The first-order valence-electron chi connectivity index (χ1n) is 4.96. The molecule has 0 saturated heterocycles. The largest absolute Gasteiger partial charge is 0.497 e. The Morgan fingerprint density at radius 1 is 1.44 bits per heavy atom. The number of aliphatic hydroxyl groups is 1. The van der Waals surface area contributed by atoms with Gasteiger partial charge in [0.2, 0.25) is 0 Å². The Balaban J connectivity index is 2.45. The van der Waals surface area contributed by atoms with E-state index < -0.39 is 24.2 Å². The molecule has 2 rings (SSSR count). The first-order valence-corrected chi connectivity index (χ1v) is 4.96. The number of Topliss-reactive ketones (excluding diaryl/α,β-unsaturated/α-hetero) is 1. The van der Waals surface area contributed by atoms with Crippen LogP contribution in [0.25, 0.3) is 0 Å². The second kappa shape index (κ2) is 3.88. The highest BCUT2D eigenvalue weighted by atomic mass is 19.4. The molecule has 1 aliphatic rings. The third-order valence-corrected chi connectivity index (χ3v) is 2.61.